The first-order valence-electron chi connectivity index (χ1n) is 6.76. The summed E-state index contributed by atoms with van der Waals surface area (Å²) in [5, 5.41) is 5.11. The normalized spacial score (nSPS) is 14.3. The van der Waals surface area contributed by atoms with Crippen LogP contribution in [0.25, 0.3) is 0 Å². The minimum atomic E-state index is -4.10. The Morgan fingerprint density at radius 1 is 1.10 bits per heavy atom. The van der Waals surface area contributed by atoms with Crippen LogP contribution >= 0.6 is 0 Å². The van der Waals surface area contributed by atoms with E-state index in [9.17, 15) is 16.8 Å². The summed E-state index contributed by atoms with van der Waals surface area (Å²) >= 11 is 0. The molecule has 0 radical (unpaired) electrons. The first-order chi connectivity index (χ1) is 9.64. The highest BCUT2D eigenvalue weighted by Crippen LogP contribution is 2.24. The zero-order valence-corrected chi connectivity index (χ0v) is 14.1. The van der Waals surface area contributed by atoms with Crippen molar-refractivity contribution < 1.29 is 16.8 Å². The molecule has 0 aliphatic heterocycles. The molecule has 8 heteroatoms. The van der Waals surface area contributed by atoms with Crippen LogP contribution in [0.15, 0.2) is 34.1 Å². The summed E-state index contributed by atoms with van der Waals surface area (Å²) in [5.74, 6) is 0.182. The lowest BCUT2D eigenvalue weighted by Crippen LogP contribution is -2.35. The summed E-state index contributed by atoms with van der Waals surface area (Å²) in [6.07, 6.45) is 0.836. The number of rotatable bonds is 7. The maximum Gasteiger partial charge on any atom is 0.244 e. The van der Waals surface area contributed by atoms with E-state index >= 15 is 0 Å². The van der Waals surface area contributed by atoms with Crippen molar-refractivity contribution in [2.24, 2.45) is 11.1 Å². The van der Waals surface area contributed by atoms with Crippen molar-refractivity contribution in [3.63, 3.8) is 0 Å². The minimum Gasteiger partial charge on any atom is -0.225 e. The van der Waals surface area contributed by atoms with Crippen LogP contribution in [-0.2, 0) is 20.0 Å². The third kappa shape index (κ3) is 4.26. The van der Waals surface area contributed by atoms with Gasteiger partial charge in [0, 0.05) is 13.1 Å². The lowest BCUT2D eigenvalue weighted by Gasteiger charge is -2.24. The average Bonchev–Trinajstić information content (AvgIpc) is 2.43. The Balaban J connectivity index is 3.37. The highest BCUT2D eigenvalue weighted by atomic mass is 32.2. The van der Waals surface area contributed by atoms with Gasteiger partial charge in [-0.25, -0.2) is 22.0 Å². The molecule has 120 valence electrons. The van der Waals surface area contributed by atoms with E-state index in [2.05, 4.69) is 0 Å². The van der Waals surface area contributed by atoms with Gasteiger partial charge in [0.25, 0.3) is 0 Å². The van der Waals surface area contributed by atoms with E-state index in [-0.39, 0.29) is 22.3 Å². The lowest BCUT2D eigenvalue weighted by molar-refractivity contribution is 0.361. The van der Waals surface area contributed by atoms with E-state index < -0.39 is 20.0 Å². The van der Waals surface area contributed by atoms with Gasteiger partial charge in [-0.3, -0.25) is 0 Å². The smallest absolute Gasteiger partial charge is 0.225 e. The SMILES string of the molecule is CCC(C)CN(CC)S(=O)(=O)c1ccccc1S(N)(=O)=O. The molecule has 0 saturated heterocycles. The molecule has 0 aromatic heterocycles. The van der Waals surface area contributed by atoms with Crippen molar-refractivity contribution in [3.8, 4) is 0 Å². The van der Waals surface area contributed by atoms with Gasteiger partial charge in [-0.2, -0.15) is 4.31 Å². The predicted octanol–water partition coefficient (Wildman–Crippen LogP) is 1.39. The Morgan fingerprint density at radius 3 is 2.05 bits per heavy atom. The molecule has 1 rings (SSSR count). The first-order valence-corrected chi connectivity index (χ1v) is 9.75. The minimum absolute atomic E-state index is 0.182. The maximum absolute atomic E-state index is 12.7. The fourth-order valence-electron chi connectivity index (χ4n) is 1.91. The molecule has 1 atom stereocenters. The van der Waals surface area contributed by atoms with E-state index in [1.807, 2.05) is 13.8 Å². The molecule has 0 spiro atoms. The summed E-state index contributed by atoms with van der Waals surface area (Å²) in [7, 11) is -7.99. The van der Waals surface area contributed by atoms with Gasteiger partial charge >= 0.3 is 0 Å². The van der Waals surface area contributed by atoms with Crippen LogP contribution in [-0.4, -0.2) is 34.2 Å². The monoisotopic (exact) mass is 334 g/mol. The number of benzene rings is 1. The molecule has 0 aliphatic rings. The van der Waals surface area contributed by atoms with Crippen LogP contribution in [0.1, 0.15) is 27.2 Å². The van der Waals surface area contributed by atoms with Crippen molar-refractivity contribution in [1.82, 2.24) is 4.31 Å². The molecule has 0 fully saturated rings. The summed E-state index contributed by atoms with van der Waals surface area (Å²) in [6, 6.07) is 5.41. The van der Waals surface area contributed by atoms with Crippen LogP contribution in [0, 0.1) is 5.92 Å². The number of hydrogen-bond donors (Lipinski definition) is 1. The van der Waals surface area contributed by atoms with Gasteiger partial charge in [0.2, 0.25) is 20.0 Å². The molecule has 1 unspecified atom stereocenters. The summed E-state index contributed by atoms with van der Waals surface area (Å²) in [6.45, 7) is 6.26. The van der Waals surface area contributed by atoms with Gasteiger partial charge in [0.1, 0.15) is 9.79 Å². The van der Waals surface area contributed by atoms with Crippen LogP contribution in [0.2, 0.25) is 0 Å². The largest absolute Gasteiger partial charge is 0.244 e. The van der Waals surface area contributed by atoms with Crippen molar-refractivity contribution in [1.29, 1.82) is 0 Å². The van der Waals surface area contributed by atoms with Gasteiger partial charge in [0.05, 0.1) is 0 Å². The topological polar surface area (TPSA) is 97.5 Å². The zero-order chi connectivity index (χ0) is 16.3. The Labute approximate surface area is 127 Å². The van der Waals surface area contributed by atoms with Crippen molar-refractivity contribution >= 4 is 20.0 Å². The molecule has 0 aliphatic carbocycles. The van der Waals surface area contributed by atoms with E-state index in [1.165, 1.54) is 28.6 Å². The molecule has 0 amide bonds. The Bertz CT molecular complexity index is 684. The van der Waals surface area contributed by atoms with E-state index in [1.54, 1.807) is 6.92 Å². The predicted molar refractivity (Wildman–Crippen MR) is 81.7 cm³/mol. The number of nitrogens with zero attached hydrogens (tertiary/aromatic N) is 1. The second kappa shape index (κ2) is 6.87. The molecular weight excluding hydrogens is 312 g/mol. The molecule has 0 bridgehead atoms. The highest BCUT2D eigenvalue weighted by Gasteiger charge is 2.29. The maximum atomic E-state index is 12.7. The van der Waals surface area contributed by atoms with E-state index in [4.69, 9.17) is 5.14 Å². The molecular formula is C13H22N2O4S2. The molecule has 1 aromatic carbocycles. The van der Waals surface area contributed by atoms with E-state index in [0.717, 1.165) is 6.42 Å². The van der Waals surface area contributed by atoms with Gasteiger partial charge in [-0.1, -0.05) is 39.3 Å². The molecule has 0 heterocycles. The van der Waals surface area contributed by atoms with Crippen molar-refractivity contribution in [2.75, 3.05) is 13.1 Å². The number of hydrogen-bond acceptors (Lipinski definition) is 4. The Morgan fingerprint density at radius 2 is 1.62 bits per heavy atom. The number of primary sulfonamides is 1. The first kappa shape index (κ1) is 18.1. The van der Waals surface area contributed by atoms with Gasteiger partial charge < -0.3 is 0 Å². The second-order valence-electron chi connectivity index (χ2n) is 4.96. The summed E-state index contributed by atoms with van der Waals surface area (Å²) in [4.78, 5) is -0.634. The number of nitrogens with two attached hydrogens (primary N) is 1. The summed E-state index contributed by atoms with van der Waals surface area (Å²) in [5.41, 5.74) is 0. The lowest BCUT2D eigenvalue weighted by atomic mass is 10.1. The Hall–Kier alpha value is -0.960. The molecule has 0 saturated carbocycles. The zero-order valence-electron chi connectivity index (χ0n) is 12.5. The third-order valence-corrected chi connectivity index (χ3v) is 6.44. The van der Waals surface area contributed by atoms with Crippen LogP contribution in [0.4, 0.5) is 0 Å². The van der Waals surface area contributed by atoms with Crippen molar-refractivity contribution in [2.45, 2.75) is 37.0 Å². The van der Waals surface area contributed by atoms with Crippen LogP contribution < -0.4 is 5.14 Å². The van der Waals surface area contributed by atoms with Gasteiger partial charge in [-0.05, 0) is 18.1 Å². The molecule has 1 aromatic rings. The van der Waals surface area contributed by atoms with Gasteiger partial charge in [0.15, 0.2) is 0 Å². The second-order valence-corrected chi connectivity index (χ2v) is 8.40. The molecule has 21 heavy (non-hydrogen) atoms. The average molecular weight is 334 g/mol. The van der Waals surface area contributed by atoms with Crippen LogP contribution in [0.3, 0.4) is 0 Å². The highest BCUT2D eigenvalue weighted by molar-refractivity contribution is 7.92. The standard InChI is InChI=1S/C13H22N2O4S2/c1-4-11(3)10-15(5-2)21(18,19)13-9-7-6-8-12(13)20(14,16)17/h6-9,11H,4-5,10H2,1-3H3,(H2,14,16,17). The third-order valence-electron chi connectivity index (χ3n) is 3.34. The number of sulfonamides is 2. The quantitative estimate of drug-likeness (QED) is 0.814. The molecule has 6 nitrogen and oxygen atoms in total. The summed E-state index contributed by atoms with van der Waals surface area (Å²) < 4.78 is 49.8. The van der Waals surface area contributed by atoms with Crippen molar-refractivity contribution in [3.05, 3.63) is 24.3 Å². The Kier molecular flexibility index (Phi) is 5.92. The fraction of sp³-hybridized carbons (Fsp3) is 0.538. The fourth-order valence-corrected chi connectivity index (χ4v) is 4.83. The van der Waals surface area contributed by atoms with Crippen LogP contribution in [0.5, 0.6) is 0 Å². The van der Waals surface area contributed by atoms with E-state index in [0.29, 0.717) is 6.54 Å². The van der Waals surface area contributed by atoms with Gasteiger partial charge in [-0.15, -0.1) is 0 Å². The molecule has 2 N–H and O–H groups in total.